The maximum absolute atomic E-state index is 4.96. The summed E-state index contributed by atoms with van der Waals surface area (Å²) in [7, 11) is 0. The molecule has 2 aliphatic heterocycles. The highest BCUT2D eigenvalue weighted by Gasteiger charge is 2.33. The zero-order chi connectivity index (χ0) is 34.9. The smallest absolute Gasteiger partial charge is 0.0868 e. The van der Waals surface area contributed by atoms with Gasteiger partial charge in [-0.2, -0.15) is 0 Å². The molecule has 1 aliphatic carbocycles. The van der Waals surface area contributed by atoms with Crippen molar-refractivity contribution in [1.29, 1.82) is 0 Å². The molecule has 3 aromatic rings. The third-order valence-electron chi connectivity index (χ3n) is 6.98. The molecule has 2 N–H and O–H groups in total. The molecule has 0 amide bonds. The lowest BCUT2D eigenvalue weighted by Crippen LogP contribution is -2.37. The van der Waals surface area contributed by atoms with E-state index in [2.05, 4.69) is 131 Å². The average Bonchev–Trinajstić information content (AvgIpc) is 3.37. The van der Waals surface area contributed by atoms with Gasteiger partial charge in [0.1, 0.15) is 0 Å². The van der Waals surface area contributed by atoms with Crippen molar-refractivity contribution in [2.75, 3.05) is 10.6 Å². The van der Waals surface area contributed by atoms with Crippen LogP contribution in [-0.2, 0) is 0 Å². The lowest BCUT2D eigenvalue weighted by atomic mass is 9.77. The van der Waals surface area contributed by atoms with Crippen LogP contribution < -0.4 is 10.6 Å². The highest BCUT2D eigenvalue weighted by atomic mass is 15.0. The van der Waals surface area contributed by atoms with Crippen LogP contribution in [0, 0.1) is 16.7 Å². The zero-order valence-electron chi connectivity index (χ0n) is 31.3. The summed E-state index contributed by atoms with van der Waals surface area (Å²) in [6.07, 6.45) is 8.73. The Morgan fingerprint density at radius 3 is 1.52 bits per heavy atom. The first-order valence-corrected chi connectivity index (χ1v) is 17.5. The molecule has 0 saturated carbocycles. The van der Waals surface area contributed by atoms with Crippen LogP contribution in [0.3, 0.4) is 0 Å². The monoisotopic (exact) mass is 655 g/mol. The van der Waals surface area contributed by atoms with Crippen molar-refractivity contribution in [3.63, 3.8) is 0 Å². The molecule has 48 heavy (non-hydrogen) atoms. The SMILES string of the molecule is C.C.CC.CC.CC.CC.CC(C)(C)C1=Nc2ccccc2NC2C=CC=CC12.CC(C)(C)C1=Nc2ccccc2Nc2ccccc21. The summed E-state index contributed by atoms with van der Waals surface area (Å²) in [4.78, 5) is 9.87. The molecular formula is C44H70N4. The van der Waals surface area contributed by atoms with Crippen molar-refractivity contribution in [3.8, 4) is 0 Å². The second-order valence-corrected chi connectivity index (χ2v) is 12.1. The van der Waals surface area contributed by atoms with Crippen LogP contribution in [0.5, 0.6) is 0 Å². The zero-order valence-corrected chi connectivity index (χ0v) is 31.3. The van der Waals surface area contributed by atoms with E-state index in [-0.39, 0.29) is 25.7 Å². The van der Waals surface area contributed by atoms with Crippen molar-refractivity contribution in [3.05, 3.63) is 103 Å². The van der Waals surface area contributed by atoms with Gasteiger partial charge in [-0.05, 0) is 30.3 Å². The Bertz CT molecular complexity index is 1440. The normalized spacial score (nSPS) is 15.8. The minimum Gasteiger partial charge on any atom is -0.376 e. The van der Waals surface area contributed by atoms with Gasteiger partial charge in [0, 0.05) is 33.7 Å². The second-order valence-electron chi connectivity index (χ2n) is 12.1. The van der Waals surface area contributed by atoms with E-state index in [9.17, 15) is 0 Å². The summed E-state index contributed by atoms with van der Waals surface area (Å²) < 4.78 is 0. The van der Waals surface area contributed by atoms with Gasteiger partial charge in [0.2, 0.25) is 0 Å². The average molecular weight is 655 g/mol. The van der Waals surface area contributed by atoms with Crippen molar-refractivity contribution in [2.24, 2.45) is 26.7 Å². The Morgan fingerprint density at radius 1 is 0.521 bits per heavy atom. The molecule has 2 unspecified atom stereocenters. The molecule has 0 aromatic heterocycles. The maximum atomic E-state index is 4.96. The van der Waals surface area contributed by atoms with Crippen molar-refractivity contribution in [1.82, 2.24) is 0 Å². The molecule has 0 bridgehead atoms. The van der Waals surface area contributed by atoms with Gasteiger partial charge >= 0.3 is 0 Å². The Morgan fingerprint density at radius 2 is 0.979 bits per heavy atom. The minimum atomic E-state index is 0. The van der Waals surface area contributed by atoms with E-state index in [1.807, 2.05) is 73.6 Å². The maximum Gasteiger partial charge on any atom is 0.0868 e. The Kier molecular flexibility index (Phi) is 21.8. The number of para-hydroxylation sites is 5. The van der Waals surface area contributed by atoms with Crippen molar-refractivity contribution < 1.29 is 0 Å². The summed E-state index contributed by atoms with van der Waals surface area (Å²) in [6, 6.07) is 25.1. The fourth-order valence-electron chi connectivity index (χ4n) is 5.12. The van der Waals surface area contributed by atoms with Crippen LogP contribution in [0.4, 0.5) is 28.4 Å². The number of nitrogens with zero attached hydrogens (tertiary/aromatic N) is 2. The van der Waals surface area contributed by atoms with E-state index in [0.29, 0.717) is 12.0 Å². The molecule has 6 rings (SSSR count). The van der Waals surface area contributed by atoms with E-state index in [0.717, 1.165) is 34.1 Å². The molecule has 0 radical (unpaired) electrons. The second kappa shape index (κ2) is 22.6. The highest BCUT2D eigenvalue weighted by Crippen LogP contribution is 2.39. The van der Waals surface area contributed by atoms with Gasteiger partial charge in [-0.1, -0.05) is 179 Å². The number of benzene rings is 3. The molecule has 4 nitrogen and oxygen atoms in total. The largest absolute Gasteiger partial charge is 0.376 e. The van der Waals surface area contributed by atoms with E-state index in [1.54, 1.807) is 0 Å². The van der Waals surface area contributed by atoms with Gasteiger partial charge < -0.3 is 10.6 Å². The Labute approximate surface area is 297 Å². The first-order chi connectivity index (χ1) is 22.1. The van der Waals surface area contributed by atoms with Crippen molar-refractivity contribution >= 4 is 39.9 Å². The number of hydrogen-bond acceptors (Lipinski definition) is 4. The molecule has 2 heterocycles. The predicted molar refractivity (Wildman–Crippen MR) is 223 cm³/mol. The molecule has 3 aliphatic rings. The summed E-state index contributed by atoms with van der Waals surface area (Å²) >= 11 is 0. The fraction of sp³-hybridized carbons (Fsp3) is 0.455. The number of allylic oxidation sites excluding steroid dienone is 2. The van der Waals surface area contributed by atoms with Gasteiger partial charge in [0.15, 0.2) is 0 Å². The van der Waals surface area contributed by atoms with Crippen LogP contribution in [0.15, 0.2) is 107 Å². The molecule has 3 aromatic carbocycles. The van der Waals surface area contributed by atoms with Gasteiger partial charge in [-0.25, -0.2) is 0 Å². The van der Waals surface area contributed by atoms with Crippen LogP contribution in [0.2, 0.25) is 0 Å². The van der Waals surface area contributed by atoms with Crippen molar-refractivity contribution in [2.45, 2.75) is 118 Å². The number of aliphatic imine (C=N–C) groups is 2. The van der Waals surface area contributed by atoms with Crippen LogP contribution in [-0.4, -0.2) is 17.5 Å². The summed E-state index contributed by atoms with van der Waals surface area (Å²) in [5.74, 6) is 0.331. The van der Waals surface area contributed by atoms with Gasteiger partial charge in [-0.3, -0.25) is 9.98 Å². The summed E-state index contributed by atoms with van der Waals surface area (Å²) in [6.45, 7) is 29.3. The topological polar surface area (TPSA) is 48.8 Å². The summed E-state index contributed by atoms with van der Waals surface area (Å²) in [5, 5.41) is 7.10. The lowest BCUT2D eigenvalue weighted by molar-refractivity contribution is 0.550. The number of fused-ring (bicyclic) bond motifs is 4. The Balaban J connectivity index is 0. The van der Waals surface area contributed by atoms with Gasteiger partial charge in [0.05, 0.1) is 34.5 Å². The molecule has 266 valence electrons. The standard InChI is InChI=1S/C17H20N2.C17H18N2.4C2H6.2CH4/c2*1-17(2,3)16-12-8-4-5-9-13(12)18-14-10-6-7-11-15(14)19-16;4*1-2;;/h4-13,18H,1-3H3;4-11,18H,1-3H3;4*1-2H3;2*1H4. The Hall–Kier alpha value is -3.92. The quantitative estimate of drug-likeness (QED) is 0.253. The fourth-order valence-corrected chi connectivity index (χ4v) is 5.12. The molecule has 4 heteroatoms. The molecular weight excluding hydrogens is 585 g/mol. The van der Waals surface area contributed by atoms with Crippen LogP contribution in [0.25, 0.3) is 0 Å². The number of hydrogen-bond donors (Lipinski definition) is 2. The lowest BCUT2D eigenvalue weighted by Gasteiger charge is -2.31. The number of nitrogens with one attached hydrogen (secondary N) is 2. The highest BCUT2D eigenvalue weighted by molar-refractivity contribution is 6.11. The van der Waals surface area contributed by atoms with E-state index in [1.165, 1.54) is 11.3 Å². The van der Waals surface area contributed by atoms with Crippen LogP contribution in [0.1, 0.15) is 117 Å². The van der Waals surface area contributed by atoms with E-state index >= 15 is 0 Å². The minimum absolute atomic E-state index is 0. The third kappa shape index (κ3) is 12.3. The molecule has 0 saturated heterocycles. The van der Waals surface area contributed by atoms with E-state index < -0.39 is 0 Å². The van der Waals surface area contributed by atoms with Crippen LogP contribution >= 0.6 is 0 Å². The number of anilines is 3. The molecule has 2 atom stereocenters. The molecule has 0 fully saturated rings. The predicted octanol–water partition coefficient (Wildman–Crippen LogP) is 14.6. The first-order valence-electron chi connectivity index (χ1n) is 17.5. The van der Waals surface area contributed by atoms with E-state index in [4.69, 9.17) is 9.98 Å². The number of rotatable bonds is 0. The van der Waals surface area contributed by atoms with Gasteiger partial charge in [-0.15, -0.1) is 0 Å². The first kappa shape index (κ1) is 46.2. The summed E-state index contributed by atoms with van der Waals surface area (Å²) in [5.41, 5.74) is 8.99. The molecule has 0 spiro atoms. The van der Waals surface area contributed by atoms with Gasteiger partial charge in [0.25, 0.3) is 0 Å². The third-order valence-corrected chi connectivity index (χ3v) is 6.98.